The molecule has 1 nitrogen and oxygen atoms in total. The lowest BCUT2D eigenvalue weighted by molar-refractivity contribution is 0.193. The molecule has 0 amide bonds. The minimum Gasteiger partial charge on any atom is -0.291 e. The van der Waals surface area contributed by atoms with Gasteiger partial charge in [-0.3, -0.25) is 4.90 Å². The first-order valence-corrected chi connectivity index (χ1v) is 8.33. The van der Waals surface area contributed by atoms with E-state index in [9.17, 15) is 8.78 Å². The largest absolute Gasteiger partial charge is 0.291 e. The van der Waals surface area contributed by atoms with Crippen LogP contribution in [0.5, 0.6) is 0 Å². The van der Waals surface area contributed by atoms with Crippen LogP contribution in [0, 0.1) is 11.6 Å². The maximum absolute atomic E-state index is 13.9. The fourth-order valence-electron chi connectivity index (χ4n) is 3.03. The molecule has 3 rings (SSSR count). The first-order valence-electron chi connectivity index (χ1n) is 7.45. The quantitative estimate of drug-likeness (QED) is 0.758. The number of nitrogens with zero attached hydrogens (tertiary/aromatic N) is 1. The van der Waals surface area contributed by atoms with Crippen LogP contribution in [0.3, 0.4) is 0 Å². The molecule has 0 spiro atoms. The van der Waals surface area contributed by atoms with Crippen LogP contribution in [0.4, 0.5) is 8.78 Å². The van der Waals surface area contributed by atoms with Crippen LogP contribution in [-0.2, 0) is 6.54 Å². The molecule has 4 heteroatoms. The van der Waals surface area contributed by atoms with E-state index in [4.69, 9.17) is 0 Å². The molecular formula is C17H19F2NS. The van der Waals surface area contributed by atoms with Crippen molar-refractivity contribution >= 4 is 11.3 Å². The number of likely N-dealkylation sites (tertiary alicyclic amines) is 1. The number of halogens is 2. The second kappa shape index (κ2) is 6.67. The minimum atomic E-state index is -0.512. The van der Waals surface area contributed by atoms with E-state index >= 15 is 0 Å². The minimum absolute atomic E-state index is 0.358. The summed E-state index contributed by atoms with van der Waals surface area (Å²) in [5, 5.41) is 2.09. The predicted molar refractivity (Wildman–Crippen MR) is 82.3 cm³/mol. The SMILES string of the molecule is Fc1ccc(CN2CCCCC[C@@H]2c2cccs2)c(F)c1. The molecule has 0 radical (unpaired) electrons. The first-order chi connectivity index (χ1) is 10.2. The fraction of sp³-hybridized carbons (Fsp3) is 0.412. The number of rotatable bonds is 3. The summed E-state index contributed by atoms with van der Waals surface area (Å²) in [6.45, 7) is 1.52. The van der Waals surface area contributed by atoms with E-state index < -0.39 is 11.6 Å². The Morgan fingerprint density at radius 2 is 2.05 bits per heavy atom. The molecule has 0 saturated carbocycles. The highest BCUT2D eigenvalue weighted by Gasteiger charge is 2.24. The molecular weight excluding hydrogens is 288 g/mol. The van der Waals surface area contributed by atoms with Gasteiger partial charge in [0.25, 0.3) is 0 Å². The average molecular weight is 307 g/mol. The third-order valence-corrected chi connectivity index (χ3v) is 5.10. The zero-order valence-electron chi connectivity index (χ0n) is 11.9. The summed E-state index contributed by atoms with van der Waals surface area (Å²) in [4.78, 5) is 3.69. The van der Waals surface area contributed by atoms with Crippen molar-refractivity contribution in [3.8, 4) is 0 Å². The summed E-state index contributed by atoms with van der Waals surface area (Å²) in [6, 6.07) is 8.48. The third-order valence-electron chi connectivity index (χ3n) is 4.12. The van der Waals surface area contributed by atoms with E-state index in [1.165, 1.54) is 23.8 Å². The van der Waals surface area contributed by atoms with Gasteiger partial charge in [0.2, 0.25) is 0 Å². The molecule has 0 N–H and O–H groups in total. The Morgan fingerprint density at radius 3 is 2.81 bits per heavy atom. The van der Waals surface area contributed by atoms with Gasteiger partial charge in [0.1, 0.15) is 11.6 Å². The number of thiophene rings is 1. The maximum atomic E-state index is 13.9. The highest BCUT2D eigenvalue weighted by molar-refractivity contribution is 7.10. The van der Waals surface area contributed by atoms with Gasteiger partial charge in [-0.1, -0.05) is 25.0 Å². The number of hydrogen-bond acceptors (Lipinski definition) is 2. The van der Waals surface area contributed by atoms with Crippen LogP contribution in [0.1, 0.15) is 42.2 Å². The molecule has 1 fully saturated rings. The molecule has 2 heterocycles. The van der Waals surface area contributed by atoms with Gasteiger partial charge in [-0.15, -0.1) is 11.3 Å². The van der Waals surface area contributed by atoms with E-state index in [1.54, 1.807) is 17.4 Å². The van der Waals surface area contributed by atoms with Crippen LogP contribution in [0.15, 0.2) is 35.7 Å². The Hall–Kier alpha value is -1.26. The van der Waals surface area contributed by atoms with Crippen molar-refractivity contribution in [1.82, 2.24) is 4.90 Å². The molecule has 1 saturated heterocycles. The molecule has 0 bridgehead atoms. The van der Waals surface area contributed by atoms with Crippen molar-refractivity contribution < 1.29 is 8.78 Å². The van der Waals surface area contributed by atoms with Gasteiger partial charge in [-0.25, -0.2) is 8.78 Å². The van der Waals surface area contributed by atoms with Gasteiger partial charge in [0.15, 0.2) is 0 Å². The standard InChI is InChI=1S/C17H19F2NS/c18-14-8-7-13(15(19)11-14)12-20-9-3-1-2-5-16(20)17-6-4-10-21-17/h4,6-8,10-11,16H,1-3,5,9,12H2/t16-/m1/s1. The van der Waals surface area contributed by atoms with Crippen molar-refractivity contribution in [2.75, 3.05) is 6.54 Å². The van der Waals surface area contributed by atoms with Crippen LogP contribution < -0.4 is 0 Å². The van der Waals surface area contributed by atoms with Gasteiger partial charge < -0.3 is 0 Å². The van der Waals surface area contributed by atoms with Gasteiger partial charge in [0, 0.05) is 29.1 Å². The molecule has 2 aromatic rings. The lowest BCUT2D eigenvalue weighted by atomic mass is 10.1. The highest BCUT2D eigenvalue weighted by atomic mass is 32.1. The fourth-order valence-corrected chi connectivity index (χ4v) is 3.92. The predicted octanol–water partition coefficient (Wildman–Crippen LogP) is 5.14. The summed E-state index contributed by atoms with van der Waals surface area (Å²) in [6.07, 6.45) is 4.70. The molecule has 1 aromatic heterocycles. The Kier molecular flexibility index (Phi) is 4.66. The summed E-state index contributed by atoms with van der Waals surface area (Å²) in [7, 11) is 0. The van der Waals surface area contributed by atoms with E-state index in [-0.39, 0.29) is 0 Å². The smallest absolute Gasteiger partial charge is 0.130 e. The van der Waals surface area contributed by atoms with Crippen molar-refractivity contribution in [3.63, 3.8) is 0 Å². The van der Waals surface area contributed by atoms with E-state index in [1.807, 2.05) is 0 Å². The van der Waals surface area contributed by atoms with Gasteiger partial charge in [-0.2, -0.15) is 0 Å². The highest BCUT2D eigenvalue weighted by Crippen LogP contribution is 2.34. The van der Waals surface area contributed by atoms with Gasteiger partial charge >= 0.3 is 0 Å². The Balaban J connectivity index is 1.82. The monoisotopic (exact) mass is 307 g/mol. The summed E-state index contributed by atoms with van der Waals surface area (Å²) >= 11 is 1.76. The zero-order valence-corrected chi connectivity index (χ0v) is 12.7. The lowest BCUT2D eigenvalue weighted by Crippen LogP contribution is -2.28. The number of hydrogen-bond donors (Lipinski definition) is 0. The summed E-state index contributed by atoms with van der Waals surface area (Å²) < 4.78 is 27.0. The molecule has 112 valence electrons. The van der Waals surface area contributed by atoms with Gasteiger partial charge in [0.05, 0.1) is 0 Å². The van der Waals surface area contributed by atoms with Crippen molar-refractivity contribution in [2.24, 2.45) is 0 Å². The molecule has 21 heavy (non-hydrogen) atoms. The zero-order chi connectivity index (χ0) is 14.7. The average Bonchev–Trinajstić information content (AvgIpc) is 2.89. The maximum Gasteiger partial charge on any atom is 0.130 e. The van der Waals surface area contributed by atoms with Crippen LogP contribution in [0.25, 0.3) is 0 Å². The Labute approximate surface area is 128 Å². The Bertz CT molecular complexity index is 582. The molecule has 0 aliphatic carbocycles. The van der Waals surface area contributed by atoms with E-state index in [0.717, 1.165) is 25.5 Å². The van der Waals surface area contributed by atoms with Crippen LogP contribution >= 0.6 is 11.3 Å². The van der Waals surface area contributed by atoms with Crippen molar-refractivity contribution in [1.29, 1.82) is 0 Å². The van der Waals surface area contributed by atoms with Crippen LogP contribution in [-0.4, -0.2) is 11.4 Å². The van der Waals surface area contributed by atoms with Crippen molar-refractivity contribution in [2.45, 2.75) is 38.3 Å². The molecule has 1 aliphatic rings. The normalized spacial score (nSPS) is 20.4. The van der Waals surface area contributed by atoms with E-state index in [2.05, 4.69) is 22.4 Å². The first kappa shape index (κ1) is 14.7. The van der Waals surface area contributed by atoms with Gasteiger partial charge in [-0.05, 0) is 36.9 Å². The second-order valence-corrected chi connectivity index (χ2v) is 6.57. The molecule has 0 unspecified atom stereocenters. The third kappa shape index (κ3) is 3.50. The second-order valence-electron chi connectivity index (χ2n) is 5.59. The molecule has 1 atom stereocenters. The summed E-state index contributed by atoms with van der Waals surface area (Å²) in [5.74, 6) is -0.953. The molecule has 1 aromatic carbocycles. The van der Waals surface area contributed by atoms with E-state index in [0.29, 0.717) is 18.2 Å². The number of benzene rings is 1. The Morgan fingerprint density at radius 1 is 1.14 bits per heavy atom. The van der Waals surface area contributed by atoms with Crippen molar-refractivity contribution in [3.05, 3.63) is 57.8 Å². The molecule has 1 aliphatic heterocycles. The lowest BCUT2D eigenvalue weighted by Gasteiger charge is -2.29. The topological polar surface area (TPSA) is 3.24 Å². The van der Waals surface area contributed by atoms with Crippen LogP contribution in [0.2, 0.25) is 0 Å². The summed E-state index contributed by atoms with van der Waals surface area (Å²) in [5.41, 5.74) is 0.583.